The van der Waals surface area contributed by atoms with E-state index in [1.54, 1.807) is 0 Å². The quantitative estimate of drug-likeness (QED) is 0.206. The van der Waals surface area contributed by atoms with Crippen LogP contribution in [-0.2, 0) is 0 Å². The lowest BCUT2D eigenvalue weighted by Gasteiger charge is -2.18. The van der Waals surface area contributed by atoms with Crippen LogP contribution in [0, 0.1) is 0 Å². The van der Waals surface area contributed by atoms with Gasteiger partial charge >= 0.3 is 0 Å². The standard InChI is InChI=1S/C38H28/c1-5-14-29(15-6-1)24-25-35-27-36(31-18-9-3-10-19-31)28-37(38(35)32-20-11-4-12-21-32)34-23-13-22-33(26-34)30-16-7-2-8-17-30/h1-28H. The van der Waals surface area contributed by atoms with Crippen molar-refractivity contribution in [3.63, 3.8) is 0 Å². The first kappa shape index (κ1) is 23.5. The van der Waals surface area contributed by atoms with Gasteiger partial charge in [0.05, 0.1) is 0 Å². The van der Waals surface area contributed by atoms with Gasteiger partial charge in [-0.2, -0.15) is 0 Å². The topological polar surface area (TPSA) is 0 Å². The van der Waals surface area contributed by atoms with Crippen molar-refractivity contribution in [2.24, 2.45) is 0 Å². The molecule has 6 rings (SSSR count). The van der Waals surface area contributed by atoms with Crippen LogP contribution in [0.25, 0.3) is 56.7 Å². The van der Waals surface area contributed by atoms with Gasteiger partial charge < -0.3 is 0 Å². The van der Waals surface area contributed by atoms with Crippen molar-refractivity contribution in [1.82, 2.24) is 0 Å². The van der Waals surface area contributed by atoms with Gasteiger partial charge in [-0.25, -0.2) is 0 Å². The van der Waals surface area contributed by atoms with Crippen LogP contribution in [0.15, 0.2) is 158 Å². The number of hydrogen-bond donors (Lipinski definition) is 0. The van der Waals surface area contributed by atoms with Crippen molar-refractivity contribution in [2.45, 2.75) is 0 Å². The number of benzene rings is 6. The van der Waals surface area contributed by atoms with E-state index in [4.69, 9.17) is 0 Å². The zero-order chi connectivity index (χ0) is 25.6. The van der Waals surface area contributed by atoms with Crippen molar-refractivity contribution in [2.75, 3.05) is 0 Å². The Morgan fingerprint density at radius 2 is 0.816 bits per heavy atom. The molecule has 6 aromatic rings. The normalized spacial score (nSPS) is 11.1. The number of rotatable bonds is 6. The van der Waals surface area contributed by atoms with E-state index in [-0.39, 0.29) is 0 Å². The molecule has 6 aromatic carbocycles. The van der Waals surface area contributed by atoms with Crippen LogP contribution in [0.3, 0.4) is 0 Å². The highest BCUT2D eigenvalue weighted by Crippen LogP contribution is 2.40. The molecule has 0 amide bonds. The van der Waals surface area contributed by atoms with Crippen molar-refractivity contribution in [3.8, 4) is 44.5 Å². The van der Waals surface area contributed by atoms with E-state index in [9.17, 15) is 0 Å². The zero-order valence-corrected chi connectivity index (χ0v) is 21.2. The summed E-state index contributed by atoms with van der Waals surface area (Å²) in [6.07, 6.45) is 4.47. The summed E-state index contributed by atoms with van der Waals surface area (Å²) in [6, 6.07) is 56.1. The van der Waals surface area contributed by atoms with Crippen LogP contribution in [0.4, 0.5) is 0 Å². The summed E-state index contributed by atoms with van der Waals surface area (Å²) >= 11 is 0. The first-order chi connectivity index (χ1) is 18.8. The molecule has 0 aliphatic heterocycles. The van der Waals surface area contributed by atoms with E-state index in [0.29, 0.717) is 0 Å². The van der Waals surface area contributed by atoms with Crippen molar-refractivity contribution in [3.05, 3.63) is 169 Å². The summed E-state index contributed by atoms with van der Waals surface area (Å²) in [4.78, 5) is 0. The highest BCUT2D eigenvalue weighted by Gasteiger charge is 2.15. The minimum Gasteiger partial charge on any atom is -0.0622 e. The Morgan fingerprint density at radius 1 is 0.316 bits per heavy atom. The van der Waals surface area contributed by atoms with E-state index < -0.39 is 0 Å². The van der Waals surface area contributed by atoms with Crippen LogP contribution >= 0.6 is 0 Å². The minimum absolute atomic E-state index is 1.18. The van der Waals surface area contributed by atoms with Crippen LogP contribution in [-0.4, -0.2) is 0 Å². The SMILES string of the molecule is C(=Cc1cc(-c2ccccc2)cc(-c2cccc(-c3ccccc3)c2)c1-c1ccccc1)c1ccccc1. The predicted octanol–water partition coefficient (Wildman–Crippen LogP) is 10.5. The molecule has 0 unspecified atom stereocenters. The van der Waals surface area contributed by atoms with Crippen LogP contribution in [0.2, 0.25) is 0 Å². The van der Waals surface area contributed by atoms with Gasteiger partial charge in [0.1, 0.15) is 0 Å². The molecular weight excluding hydrogens is 456 g/mol. The second kappa shape index (κ2) is 11.0. The van der Waals surface area contributed by atoms with Gasteiger partial charge in [0, 0.05) is 0 Å². The fourth-order valence-corrected chi connectivity index (χ4v) is 4.99. The smallest absolute Gasteiger partial charge is 0.00324 e. The molecule has 180 valence electrons. The van der Waals surface area contributed by atoms with E-state index in [1.807, 2.05) is 0 Å². The van der Waals surface area contributed by atoms with E-state index >= 15 is 0 Å². The van der Waals surface area contributed by atoms with Gasteiger partial charge in [0.25, 0.3) is 0 Å². The molecule has 0 aromatic heterocycles. The van der Waals surface area contributed by atoms with Crippen LogP contribution in [0.1, 0.15) is 11.1 Å². The molecule has 0 atom stereocenters. The molecule has 0 spiro atoms. The average Bonchev–Trinajstić information content (AvgIpc) is 3.01. The second-order valence-corrected chi connectivity index (χ2v) is 9.41. The maximum Gasteiger partial charge on any atom is -0.00324 e. The Morgan fingerprint density at radius 3 is 1.45 bits per heavy atom. The van der Waals surface area contributed by atoms with Gasteiger partial charge in [0.2, 0.25) is 0 Å². The third-order valence-electron chi connectivity index (χ3n) is 6.87. The fourth-order valence-electron chi connectivity index (χ4n) is 4.99. The summed E-state index contributed by atoms with van der Waals surface area (Å²) in [5.41, 5.74) is 12.1. The van der Waals surface area contributed by atoms with Gasteiger partial charge in [-0.05, 0) is 73.8 Å². The Bertz CT molecular complexity index is 1660. The lowest BCUT2D eigenvalue weighted by Crippen LogP contribution is -1.93. The Kier molecular flexibility index (Phi) is 6.78. The van der Waals surface area contributed by atoms with Gasteiger partial charge in [-0.3, -0.25) is 0 Å². The minimum atomic E-state index is 1.18. The van der Waals surface area contributed by atoms with E-state index in [0.717, 1.165) is 0 Å². The first-order valence-electron chi connectivity index (χ1n) is 13.0. The molecule has 0 saturated carbocycles. The molecule has 0 saturated heterocycles. The van der Waals surface area contributed by atoms with Crippen LogP contribution < -0.4 is 0 Å². The molecule has 0 aliphatic rings. The van der Waals surface area contributed by atoms with E-state index in [1.165, 1.54) is 55.6 Å². The highest BCUT2D eigenvalue weighted by molar-refractivity contribution is 5.95. The maximum atomic E-state index is 2.35. The molecular formula is C38H28. The lowest BCUT2D eigenvalue weighted by atomic mass is 9.86. The molecule has 0 aliphatic carbocycles. The van der Waals surface area contributed by atoms with Crippen LogP contribution in [0.5, 0.6) is 0 Å². The molecule has 0 bridgehead atoms. The summed E-state index contributed by atoms with van der Waals surface area (Å²) < 4.78 is 0. The maximum absolute atomic E-state index is 2.35. The fraction of sp³-hybridized carbons (Fsp3) is 0. The number of hydrogen-bond acceptors (Lipinski definition) is 0. The molecule has 0 N–H and O–H groups in total. The molecule has 0 fully saturated rings. The largest absolute Gasteiger partial charge is 0.0622 e. The lowest BCUT2D eigenvalue weighted by molar-refractivity contribution is 1.54. The summed E-state index contributed by atoms with van der Waals surface area (Å²) in [7, 11) is 0. The van der Waals surface area contributed by atoms with E-state index in [2.05, 4.69) is 170 Å². The molecule has 0 nitrogen and oxygen atoms in total. The second-order valence-electron chi connectivity index (χ2n) is 9.41. The van der Waals surface area contributed by atoms with Crippen molar-refractivity contribution < 1.29 is 0 Å². The Hall–Kier alpha value is -4.94. The Labute approximate surface area is 225 Å². The third-order valence-corrected chi connectivity index (χ3v) is 6.87. The molecule has 38 heavy (non-hydrogen) atoms. The van der Waals surface area contributed by atoms with Crippen molar-refractivity contribution in [1.29, 1.82) is 0 Å². The Balaban J connectivity index is 1.61. The average molecular weight is 485 g/mol. The zero-order valence-electron chi connectivity index (χ0n) is 21.2. The summed E-state index contributed by atoms with van der Waals surface area (Å²) in [6.45, 7) is 0. The molecule has 0 heterocycles. The highest BCUT2D eigenvalue weighted by atomic mass is 14.2. The van der Waals surface area contributed by atoms with Gasteiger partial charge in [-0.15, -0.1) is 0 Å². The third kappa shape index (κ3) is 5.12. The van der Waals surface area contributed by atoms with Crippen molar-refractivity contribution >= 4 is 12.2 Å². The predicted molar refractivity (Wildman–Crippen MR) is 164 cm³/mol. The van der Waals surface area contributed by atoms with Gasteiger partial charge in [-0.1, -0.05) is 152 Å². The summed E-state index contributed by atoms with van der Waals surface area (Å²) in [5, 5.41) is 0. The first-order valence-corrected chi connectivity index (χ1v) is 13.0. The molecule has 0 heteroatoms. The van der Waals surface area contributed by atoms with Gasteiger partial charge in [0.15, 0.2) is 0 Å². The molecule has 0 radical (unpaired) electrons. The monoisotopic (exact) mass is 484 g/mol. The summed E-state index contributed by atoms with van der Waals surface area (Å²) in [5.74, 6) is 0.